The van der Waals surface area contributed by atoms with E-state index in [-0.39, 0.29) is 37.7 Å². The zero-order valence-electron chi connectivity index (χ0n) is 27.9. The number of rotatable bonds is 21. The molecule has 6 atom stereocenters. The Hall–Kier alpha value is -3.57. The molecular formula is C32H45N3O12S2. The number of nitrogens with one attached hydrogen (secondary N) is 1. The normalized spacial score (nSPS) is 19.9. The number of likely N-dealkylation sites (tertiary alicyclic amines) is 1. The molecule has 0 aromatic heterocycles. The molecule has 1 saturated carbocycles. The minimum Gasteiger partial charge on any atom is -0.465 e. The topological polar surface area (TPSA) is 185 Å². The van der Waals surface area contributed by atoms with Gasteiger partial charge in [0.25, 0.3) is 6.29 Å². The Morgan fingerprint density at radius 1 is 0.980 bits per heavy atom. The van der Waals surface area contributed by atoms with E-state index in [0.29, 0.717) is 30.8 Å². The lowest BCUT2D eigenvalue weighted by Crippen LogP contribution is -2.55. The summed E-state index contributed by atoms with van der Waals surface area (Å²) < 4.78 is 25.2. The van der Waals surface area contributed by atoms with Crippen LogP contribution in [0.25, 0.3) is 0 Å². The van der Waals surface area contributed by atoms with Crippen LogP contribution in [0.15, 0.2) is 35.7 Å². The van der Waals surface area contributed by atoms with Crippen molar-refractivity contribution in [2.45, 2.75) is 89.8 Å². The lowest BCUT2D eigenvalue weighted by atomic mass is 10.0. The quantitative estimate of drug-likeness (QED) is 0.0365. The fourth-order valence-corrected chi connectivity index (χ4v) is 7.52. The second-order valence-electron chi connectivity index (χ2n) is 11.4. The van der Waals surface area contributed by atoms with E-state index in [2.05, 4.69) is 20.2 Å². The third-order valence-electron chi connectivity index (χ3n) is 8.01. The number of nitrogens with zero attached hydrogens (tertiary/aromatic N) is 2. The minimum atomic E-state index is -1.15. The van der Waals surface area contributed by atoms with Crippen LogP contribution in [0.4, 0.5) is 4.79 Å². The van der Waals surface area contributed by atoms with Gasteiger partial charge in [0.15, 0.2) is 11.9 Å². The molecule has 272 valence electrons. The first kappa shape index (κ1) is 39.9. The Labute approximate surface area is 293 Å². The predicted octanol–water partition coefficient (Wildman–Crippen LogP) is 3.96. The molecule has 1 aliphatic carbocycles. The number of hydrogen-bond donors (Lipinski definition) is 1. The second kappa shape index (κ2) is 21.5. The molecule has 0 bridgehead atoms. The van der Waals surface area contributed by atoms with Gasteiger partial charge in [-0.25, -0.2) is 14.4 Å². The average molecular weight is 728 g/mol. The van der Waals surface area contributed by atoms with Crippen LogP contribution in [0.2, 0.25) is 0 Å². The maximum atomic E-state index is 13.9. The van der Waals surface area contributed by atoms with E-state index in [1.54, 1.807) is 18.7 Å². The van der Waals surface area contributed by atoms with Gasteiger partial charge in [-0.1, -0.05) is 58.3 Å². The number of carbonyl (C=O) groups is 5. The number of benzene rings is 1. The summed E-state index contributed by atoms with van der Waals surface area (Å²) in [7, 11) is 2.75. The number of carbonyl (C=O) groups excluding carboxylic acids is 5. The number of amides is 1. The van der Waals surface area contributed by atoms with Gasteiger partial charge in [-0.3, -0.25) is 14.9 Å². The highest BCUT2D eigenvalue weighted by molar-refractivity contribution is 8.76. The van der Waals surface area contributed by atoms with Crippen molar-refractivity contribution in [2.75, 3.05) is 37.9 Å². The van der Waals surface area contributed by atoms with E-state index in [9.17, 15) is 28.9 Å². The fraction of sp³-hybridized carbons (Fsp3) is 0.656. The fourth-order valence-electron chi connectivity index (χ4n) is 5.87. The summed E-state index contributed by atoms with van der Waals surface area (Å²) in [5.74, 6) is -1.10. The summed E-state index contributed by atoms with van der Waals surface area (Å²) in [5.41, 5.74) is 1.06. The number of fused-ring (bicyclic) bond motifs is 1. The van der Waals surface area contributed by atoms with Gasteiger partial charge in [0.2, 0.25) is 5.91 Å². The van der Waals surface area contributed by atoms with Gasteiger partial charge in [-0.2, -0.15) is 0 Å². The molecule has 2 fully saturated rings. The molecule has 2 aliphatic rings. The van der Waals surface area contributed by atoms with Gasteiger partial charge in [0.1, 0.15) is 25.3 Å². The molecule has 1 N–H and O–H groups in total. The molecule has 1 aromatic carbocycles. The number of ether oxygens (including phenoxy) is 5. The molecule has 1 unspecified atom stereocenters. The predicted molar refractivity (Wildman–Crippen MR) is 180 cm³/mol. The maximum absolute atomic E-state index is 13.9. The second-order valence-corrected chi connectivity index (χ2v) is 14.1. The van der Waals surface area contributed by atoms with Crippen LogP contribution in [0, 0.1) is 10.8 Å². The Kier molecular flexibility index (Phi) is 17.5. The molecular weight excluding hydrogens is 682 g/mol. The van der Waals surface area contributed by atoms with Crippen LogP contribution in [0.5, 0.6) is 0 Å². The standard InChI is InChI=1S/C32H45N3O12S2/c1-4-42-30(38)25(14-13-23-9-6-5-7-10-23)33-21(2)29(37)35-26-12-8-11-24(26)19-27(35)31(39)45-20-28(36)43-15-17-48-49-18-16-44-32(40)46-22(3)47-34-41/h5-7,9-10,21-22,24-27,33H,4,8,11-20H2,1-3H3/t21-,22?,24-,25-,26-,27-/m0/s1. The van der Waals surface area contributed by atoms with Crippen LogP contribution in [0.1, 0.15) is 58.4 Å². The summed E-state index contributed by atoms with van der Waals surface area (Å²) >= 11 is 0. The van der Waals surface area contributed by atoms with Crippen LogP contribution in [-0.2, 0) is 54.1 Å². The highest BCUT2D eigenvalue weighted by Crippen LogP contribution is 2.42. The Bertz CT molecular complexity index is 1240. The lowest BCUT2D eigenvalue weighted by molar-refractivity contribution is -0.163. The van der Waals surface area contributed by atoms with Crippen molar-refractivity contribution in [3.63, 3.8) is 0 Å². The molecule has 49 heavy (non-hydrogen) atoms. The SMILES string of the molecule is CCOC(=O)[C@H](CCc1ccccc1)N[C@@H](C)C(=O)N1[C@H](C(=O)OCC(=O)OCCSSCCOC(=O)OC(C)ON=O)C[C@@H]2CCC[C@@H]21. The molecule has 17 heteroatoms. The summed E-state index contributed by atoms with van der Waals surface area (Å²) in [6.07, 6.45) is 1.95. The highest BCUT2D eigenvalue weighted by atomic mass is 33.1. The van der Waals surface area contributed by atoms with Gasteiger partial charge in [0, 0.05) is 24.5 Å². The number of aryl methyl sites for hydroxylation is 1. The number of hydrogen-bond acceptors (Lipinski definition) is 16. The van der Waals surface area contributed by atoms with E-state index in [1.807, 2.05) is 30.3 Å². The van der Waals surface area contributed by atoms with Crippen LogP contribution in [0.3, 0.4) is 0 Å². The van der Waals surface area contributed by atoms with Gasteiger partial charge in [0.05, 0.1) is 12.6 Å². The Balaban J connectivity index is 1.42. The van der Waals surface area contributed by atoms with E-state index in [1.165, 1.54) is 28.5 Å². The third-order valence-corrected chi connectivity index (χ3v) is 10.3. The zero-order chi connectivity index (χ0) is 35.6. The maximum Gasteiger partial charge on any atom is 0.511 e. The molecule has 15 nitrogen and oxygen atoms in total. The third kappa shape index (κ3) is 13.3. The first-order valence-corrected chi connectivity index (χ1v) is 18.8. The van der Waals surface area contributed by atoms with Crippen molar-refractivity contribution < 1.29 is 52.5 Å². The van der Waals surface area contributed by atoms with Crippen molar-refractivity contribution in [3.05, 3.63) is 40.8 Å². The molecule has 3 rings (SSSR count). The van der Waals surface area contributed by atoms with Crippen LogP contribution >= 0.6 is 21.6 Å². The van der Waals surface area contributed by atoms with E-state index < -0.39 is 55.1 Å². The van der Waals surface area contributed by atoms with E-state index >= 15 is 0 Å². The molecule has 1 aliphatic heterocycles. The summed E-state index contributed by atoms with van der Waals surface area (Å²) in [5, 5.41) is 5.31. The monoisotopic (exact) mass is 727 g/mol. The van der Waals surface area contributed by atoms with Crippen LogP contribution < -0.4 is 5.32 Å². The summed E-state index contributed by atoms with van der Waals surface area (Å²) in [6, 6.07) is 7.29. The van der Waals surface area contributed by atoms with Gasteiger partial charge in [-0.05, 0) is 57.4 Å². The van der Waals surface area contributed by atoms with Gasteiger partial charge < -0.3 is 33.4 Å². The zero-order valence-corrected chi connectivity index (χ0v) is 29.6. The molecule has 1 heterocycles. The largest absolute Gasteiger partial charge is 0.511 e. The van der Waals surface area contributed by atoms with Crippen molar-refractivity contribution in [1.29, 1.82) is 0 Å². The van der Waals surface area contributed by atoms with Crippen LogP contribution in [-0.4, -0.2) is 103 Å². The Morgan fingerprint density at radius 2 is 1.69 bits per heavy atom. The van der Waals surface area contributed by atoms with Gasteiger partial charge >= 0.3 is 24.1 Å². The summed E-state index contributed by atoms with van der Waals surface area (Å²) in [4.78, 5) is 79.3. The first-order chi connectivity index (χ1) is 23.6. The summed E-state index contributed by atoms with van der Waals surface area (Å²) in [6.45, 7) is 4.47. The van der Waals surface area contributed by atoms with Crippen molar-refractivity contribution in [3.8, 4) is 0 Å². The van der Waals surface area contributed by atoms with Crippen molar-refractivity contribution in [1.82, 2.24) is 10.2 Å². The molecule has 0 radical (unpaired) electrons. The van der Waals surface area contributed by atoms with Crippen molar-refractivity contribution >= 4 is 51.6 Å². The highest BCUT2D eigenvalue weighted by Gasteiger charge is 2.50. The molecule has 1 aromatic rings. The number of esters is 3. The van der Waals surface area contributed by atoms with E-state index in [4.69, 9.17) is 18.9 Å². The lowest BCUT2D eigenvalue weighted by Gasteiger charge is -2.32. The molecule has 1 saturated heterocycles. The van der Waals surface area contributed by atoms with E-state index in [0.717, 1.165) is 24.8 Å². The minimum absolute atomic E-state index is 0.0466. The molecule has 0 spiro atoms. The first-order valence-electron chi connectivity index (χ1n) is 16.3. The average Bonchev–Trinajstić information content (AvgIpc) is 3.69. The van der Waals surface area contributed by atoms with Gasteiger partial charge in [-0.15, -0.1) is 4.91 Å². The Morgan fingerprint density at radius 3 is 2.39 bits per heavy atom. The van der Waals surface area contributed by atoms with Crippen molar-refractivity contribution in [2.24, 2.45) is 11.3 Å². The molecule has 1 amide bonds. The smallest absolute Gasteiger partial charge is 0.465 e.